The molecule has 2 heterocycles. The van der Waals surface area contributed by atoms with Crippen LogP contribution in [0, 0.1) is 6.92 Å². The van der Waals surface area contributed by atoms with Crippen LogP contribution in [0.15, 0.2) is 36.5 Å². The predicted molar refractivity (Wildman–Crippen MR) is 91.1 cm³/mol. The van der Waals surface area contributed by atoms with Gasteiger partial charge in [0, 0.05) is 23.6 Å². The van der Waals surface area contributed by atoms with Gasteiger partial charge >= 0.3 is 0 Å². The topological polar surface area (TPSA) is 73.8 Å². The van der Waals surface area contributed by atoms with Crippen molar-refractivity contribution in [2.24, 2.45) is 5.73 Å². The van der Waals surface area contributed by atoms with Gasteiger partial charge in [0.1, 0.15) is 5.52 Å². The molecule has 2 aromatic heterocycles. The summed E-state index contributed by atoms with van der Waals surface area (Å²) in [6.07, 6.45) is 2.78. The lowest BCUT2D eigenvalue weighted by Gasteiger charge is -2.07. The standard InChI is InChI=1S/C17H17ClN4O/c1-11-9-14(12-4-6-13(18)7-5-12)21-15-10-20-22(17(11)15)8-2-3-16(19)23/h4-7,9-10H,2-3,8H2,1H3,(H2,19,23). The molecule has 118 valence electrons. The van der Waals surface area contributed by atoms with E-state index in [1.165, 1.54) is 0 Å². The average molecular weight is 329 g/mol. The Hall–Kier alpha value is -2.40. The van der Waals surface area contributed by atoms with Gasteiger partial charge in [-0.3, -0.25) is 9.48 Å². The number of hydrogen-bond acceptors (Lipinski definition) is 3. The Labute approximate surface area is 139 Å². The highest BCUT2D eigenvalue weighted by Crippen LogP contribution is 2.25. The van der Waals surface area contributed by atoms with Crippen LogP contribution in [0.5, 0.6) is 0 Å². The Kier molecular flexibility index (Phi) is 4.30. The number of hydrogen-bond donors (Lipinski definition) is 1. The van der Waals surface area contributed by atoms with E-state index in [0.29, 0.717) is 24.4 Å². The third kappa shape index (κ3) is 3.35. The van der Waals surface area contributed by atoms with Gasteiger partial charge in [0.25, 0.3) is 0 Å². The van der Waals surface area contributed by atoms with E-state index >= 15 is 0 Å². The van der Waals surface area contributed by atoms with Crippen molar-refractivity contribution >= 4 is 28.5 Å². The van der Waals surface area contributed by atoms with Crippen LogP contribution in [0.3, 0.4) is 0 Å². The largest absolute Gasteiger partial charge is 0.370 e. The molecule has 0 saturated carbocycles. The van der Waals surface area contributed by atoms with E-state index in [4.69, 9.17) is 17.3 Å². The van der Waals surface area contributed by atoms with Gasteiger partial charge < -0.3 is 5.73 Å². The van der Waals surface area contributed by atoms with Crippen LogP contribution < -0.4 is 5.73 Å². The van der Waals surface area contributed by atoms with Gasteiger partial charge in [0.15, 0.2) is 0 Å². The van der Waals surface area contributed by atoms with E-state index in [1.807, 2.05) is 41.9 Å². The van der Waals surface area contributed by atoms with Gasteiger partial charge in [-0.05, 0) is 37.1 Å². The molecule has 0 bridgehead atoms. The SMILES string of the molecule is Cc1cc(-c2ccc(Cl)cc2)nc2cnn(CCCC(N)=O)c12. The monoisotopic (exact) mass is 328 g/mol. The molecule has 3 aromatic rings. The van der Waals surface area contributed by atoms with E-state index in [0.717, 1.165) is 27.9 Å². The number of carbonyl (C=O) groups is 1. The van der Waals surface area contributed by atoms with E-state index in [-0.39, 0.29) is 5.91 Å². The third-order valence-corrected chi connectivity index (χ3v) is 3.97. The van der Waals surface area contributed by atoms with Crippen LogP contribution in [0.4, 0.5) is 0 Å². The molecule has 23 heavy (non-hydrogen) atoms. The lowest BCUT2D eigenvalue weighted by Crippen LogP contribution is -2.12. The molecule has 6 heteroatoms. The summed E-state index contributed by atoms with van der Waals surface area (Å²) in [7, 11) is 0. The number of carbonyl (C=O) groups excluding carboxylic acids is 1. The molecule has 5 nitrogen and oxygen atoms in total. The predicted octanol–water partition coefficient (Wildman–Crippen LogP) is 3.33. The fourth-order valence-electron chi connectivity index (χ4n) is 2.64. The molecule has 0 aliphatic carbocycles. The smallest absolute Gasteiger partial charge is 0.217 e. The van der Waals surface area contributed by atoms with Gasteiger partial charge in [-0.1, -0.05) is 23.7 Å². The van der Waals surface area contributed by atoms with Gasteiger partial charge in [0.2, 0.25) is 5.91 Å². The summed E-state index contributed by atoms with van der Waals surface area (Å²) >= 11 is 5.93. The van der Waals surface area contributed by atoms with Crippen molar-refractivity contribution in [1.82, 2.24) is 14.8 Å². The van der Waals surface area contributed by atoms with E-state index in [2.05, 4.69) is 10.1 Å². The summed E-state index contributed by atoms with van der Waals surface area (Å²) in [6.45, 7) is 2.69. The Bertz CT molecular complexity index is 855. The molecule has 2 N–H and O–H groups in total. The summed E-state index contributed by atoms with van der Waals surface area (Å²) in [5, 5.41) is 5.09. The summed E-state index contributed by atoms with van der Waals surface area (Å²) in [4.78, 5) is 15.5. The summed E-state index contributed by atoms with van der Waals surface area (Å²) in [5.41, 5.74) is 10.0. The molecule has 0 unspecified atom stereocenters. The lowest BCUT2D eigenvalue weighted by molar-refractivity contribution is -0.118. The molecule has 1 amide bonds. The Balaban J connectivity index is 1.94. The van der Waals surface area contributed by atoms with Crippen molar-refractivity contribution in [3.05, 3.63) is 47.1 Å². The van der Waals surface area contributed by atoms with Crippen molar-refractivity contribution in [2.45, 2.75) is 26.3 Å². The van der Waals surface area contributed by atoms with E-state index < -0.39 is 0 Å². The molecular weight excluding hydrogens is 312 g/mol. The van der Waals surface area contributed by atoms with Crippen LogP contribution >= 0.6 is 11.6 Å². The zero-order valence-corrected chi connectivity index (χ0v) is 13.5. The average Bonchev–Trinajstić information content (AvgIpc) is 2.91. The molecule has 3 rings (SSSR count). The quantitative estimate of drug-likeness (QED) is 0.780. The number of nitrogens with two attached hydrogens (primary N) is 1. The van der Waals surface area contributed by atoms with Crippen LogP contribution in [0.1, 0.15) is 18.4 Å². The lowest BCUT2D eigenvalue weighted by atomic mass is 10.1. The van der Waals surface area contributed by atoms with Crippen molar-refractivity contribution < 1.29 is 4.79 Å². The molecular formula is C17H17ClN4O. The molecule has 0 fully saturated rings. The number of rotatable bonds is 5. The van der Waals surface area contributed by atoms with Gasteiger partial charge in [-0.15, -0.1) is 0 Å². The maximum absolute atomic E-state index is 10.9. The fraction of sp³-hybridized carbons (Fsp3) is 0.235. The van der Waals surface area contributed by atoms with Crippen molar-refractivity contribution in [3.63, 3.8) is 0 Å². The zero-order chi connectivity index (χ0) is 16.4. The fourth-order valence-corrected chi connectivity index (χ4v) is 2.77. The summed E-state index contributed by atoms with van der Waals surface area (Å²) < 4.78 is 1.88. The normalized spacial score (nSPS) is 11.0. The van der Waals surface area contributed by atoms with E-state index in [9.17, 15) is 4.79 Å². The highest BCUT2D eigenvalue weighted by molar-refractivity contribution is 6.30. The highest BCUT2D eigenvalue weighted by atomic mass is 35.5. The third-order valence-electron chi connectivity index (χ3n) is 3.72. The second kappa shape index (κ2) is 6.38. The summed E-state index contributed by atoms with van der Waals surface area (Å²) in [5.74, 6) is -0.290. The highest BCUT2D eigenvalue weighted by Gasteiger charge is 2.10. The molecule has 0 aliphatic rings. The number of nitrogens with zero attached hydrogens (tertiary/aromatic N) is 3. The first-order valence-corrected chi connectivity index (χ1v) is 7.80. The van der Waals surface area contributed by atoms with Gasteiger partial charge in [-0.2, -0.15) is 5.10 Å². The number of aromatic nitrogens is 3. The molecule has 0 saturated heterocycles. The van der Waals surface area contributed by atoms with Crippen LogP contribution in [-0.2, 0) is 11.3 Å². The molecule has 0 atom stereocenters. The van der Waals surface area contributed by atoms with Crippen molar-refractivity contribution in [3.8, 4) is 11.3 Å². The number of aryl methyl sites for hydroxylation is 2. The molecule has 0 radical (unpaired) electrons. The molecule has 0 spiro atoms. The number of fused-ring (bicyclic) bond motifs is 1. The minimum atomic E-state index is -0.290. The Morgan fingerprint density at radius 3 is 2.74 bits per heavy atom. The van der Waals surface area contributed by atoms with Gasteiger partial charge in [-0.25, -0.2) is 4.98 Å². The van der Waals surface area contributed by atoms with Gasteiger partial charge in [0.05, 0.1) is 17.4 Å². The maximum atomic E-state index is 10.9. The molecule has 1 aromatic carbocycles. The minimum absolute atomic E-state index is 0.290. The first-order valence-electron chi connectivity index (χ1n) is 7.42. The molecule has 0 aliphatic heterocycles. The van der Waals surface area contributed by atoms with Crippen molar-refractivity contribution in [2.75, 3.05) is 0 Å². The first kappa shape index (κ1) is 15.5. The number of amides is 1. The number of benzene rings is 1. The zero-order valence-electron chi connectivity index (χ0n) is 12.8. The van der Waals surface area contributed by atoms with E-state index in [1.54, 1.807) is 6.20 Å². The van der Waals surface area contributed by atoms with Crippen LogP contribution in [-0.4, -0.2) is 20.7 Å². The Morgan fingerprint density at radius 1 is 1.30 bits per heavy atom. The number of primary amides is 1. The van der Waals surface area contributed by atoms with Crippen LogP contribution in [0.25, 0.3) is 22.3 Å². The summed E-state index contributed by atoms with van der Waals surface area (Å²) in [6, 6.07) is 9.65. The minimum Gasteiger partial charge on any atom is -0.370 e. The van der Waals surface area contributed by atoms with Crippen molar-refractivity contribution in [1.29, 1.82) is 0 Å². The first-order chi connectivity index (χ1) is 11.0. The second-order valence-electron chi connectivity index (χ2n) is 5.50. The maximum Gasteiger partial charge on any atom is 0.217 e. The Morgan fingerprint density at radius 2 is 2.04 bits per heavy atom. The van der Waals surface area contributed by atoms with Crippen LogP contribution in [0.2, 0.25) is 5.02 Å². The number of pyridine rings is 1. The number of halogens is 1. The second-order valence-corrected chi connectivity index (χ2v) is 5.94.